The Hall–Kier alpha value is -1.57. The Kier molecular flexibility index (Phi) is 2.73. The Bertz CT molecular complexity index is 601. The first-order valence-corrected chi connectivity index (χ1v) is 6.61. The van der Waals surface area contributed by atoms with E-state index in [1.807, 2.05) is 0 Å². The molecular formula is C13H16F3N3O2. The minimum absolute atomic E-state index is 0.109. The minimum atomic E-state index is -4.64. The van der Waals surface area contributed by atoms with Gasteiger partial charge in [-0.05, 0) is 31.6 Å². The van der Waals surface area contributed by atoms with Crippen LogP contribution in [0.15, 0.2) is 0 Å². The van der Waals surface area contributed by atoms with Crippen molar-refractivity contribution in [3.05, 3.63) is 17.0 Å². The summed E-state index contributed by atoms with van der Waals surface area (Å²) in [5.41, 5.74) is 3.14. The normalized spacial score (nSPS) is 30.7. The lowest BCUT2D eigenvalue weighted by atomic mass is 9.41. The van der Waals surface area contributed by atoms with Crippen LogP contribution in [0.5, 0.6) is 0 Å². The third-order valence-electron chi connectivity index (χ3n) is 4.65. The van der Waals surface area contributed by atoms with E-state index in [4.69, 9.17) is 10.5 Å². The molecule has 1 amide bonds. The number of hydrogen-bond donors (Lipinski definition) is 1. The molecule has 8 heteroatoms. The van der Waals surface area contributed by atoms with Crippen molar-refractivity contribution < 1.29 is 22.7 Å². The van der Waals surface area contributed by atoms with Gasteiger partial charge in [-0.25, -0.2) is 0 Å². The summed E-state index contributed by atoms with van der Waals surface area (Å²) in [5, 5.41) is 3.89. The molecule has 0 spiro atoms. The van der Waals surface area contributed by atoms with Crippen molar-refractivity contribution in [2.75, 3.05) is 7.11 Å². The average Bonchev–Trinajstić information content (AvgIpc) is 2.57. The number of nitrogens with two attached hydrogens (primary N) is 1. The number of alkyl halides is 3. The molecule has 3 aliphatic rings. The van der Waals surface area contributed by atoms with Gasteiger partial charge in [0.15, 0.2) is 0 Å². The van der Waals surface area contributed by atoms with Crippen LogP contribution in [0, 0.1) is 12.3 Å². The van der Waals surface area contributed by atoms with E-state index in [1.54, 1.807) is 7.11 Å². The number of ether oxygens (including phenoxy) is 1. The maximum Gasteiger partial charge on any atom is 0.420 e. The molecule has 0 saturated heterocycles. The van der Waals surface area contributed by atoms with Crippen LogP contribution in [-0.4, -0.2) is 28.4 Å². The molecule has 0 aromatic carbocycles. The number of amides is 1. The van der Waals surface area contributed by atoms with Crippen molar-refractivity contribution in [2.24, 2.45) is 11.1 Å². The maximum atomic E-state index is 13.1. The first-order valence-electron chi connectivity index (χ1n) is 6.61. The van der Waals surface area contributed by atoms with Crippen LogP contribution < -0.4 is 5.73 Å². The van der Waals surface area contributed by atoms with Gasteiger partial charge in [0.25, 0.3) is 5.91 Å². The second kappa shape index (κ2) is 4.00. The molecule has 1 aromatic heterocycles. The molecule has 21 heavy (non-hydrogen) atoms. The molecule has 2 N–H and O–H groups in total. The third kappa shape index (κ3) is 1.96. The number of primary amides is 1. The minimum Gasteiger partial charge on any atom is -0.378 e. The number of nitrogens with zero attached hydrogens (tertiary/aromatic N) is 2. The SMILES string of the molecule is COC12CC(Cn3nc(C)c(C(F)(F)F)c3C(N)=O)(C1)C2. The summed E-state index contributed by atoms with van der Waals surface area (Å²) < 4.78 is 45.7. The van der Waals surface area contributed by atoms with E-state index in [9.17, 15) is 18.0 Å². The van der Waals surface area contributed by atoms with E-state index in [2.05, 4.69) is 5.10 Å². The predicted molar refractivity (Wildman–Crippen MR) is 66.5 cm³/mol. The number of halogens is 3. The van der Waals surface area contributed by atoms with Gasteiger partial charge in [-0.2, -0.15) is 18.3 Å². The molecule has 0 aliphatic heterocycles. The molecule has 4 rings (SSSR count). The topological polar surface area (TPSA) is 70.1 Å². The number of methoxy groups -OCH3 is 1. The lowest BCUT2D eigenvalue weighted by molar-refractivity contribution is -0.280. The average molecular weight is 303 g/mol. The molecule has 0 atom stereocenters. The molecule has 1 aromatic rings. The summed E-state index contributed by atoms with van der Waals surface area (Å²) in [6.45, 7) is 1.51. The fraction of sp³-hybridized carbons (Fsp3) is 0.692. The largest absolute Gasteiger partial charge is 0.420 e. The lowest BCUT2D eigenvalue weighted by Crippen LogP contribution is -2.69. The van der Waals surface area contributed by atoms with Crippen molar-refractivity contribution in [1.82, 2.24) is 9.78 Å². The van der Waals surface area contributed by atoms with Gasteiger partial charge in [0.1, 0.15) is 11.3 Å². The van der Waals surface area contributed by atoms with Crippen molar-refractivity contribution in [3.8, 4) is 0 Å². The summed E-state index contributed by atoms with van der Waals surface area (Å²) in [4.78, 5) is 11.5. The quantitative estimate of drug-likeness (QED) is 0.923. The zero-order chi connectivity index (χ0) is 15.6. The molecule has 3 saturated carbocycles. The van der Waals surface area contributed by atoms with Gasteiger partial charge in [-0.1, -0.05) is 0 Å². The monoisotopic (exact) mass is 303 g/mol. The van der Waals surface area contributed by atoms with Crippen LogP contribution >= 0.6 is 0 Å². The first-order chi connectivity index (χ1) is 9.61. The predicted octanol–water partition coefficient (Wildman–Crippen LogP) is 1.88. The number of aryl methyl sites for hydroxylation is 1. The van der Waals surface area contributed by atoms with E-state index in [0.29, 0.717) is 0 Å². The van der Waals surface area contributed by atoms with Crippen molar-refractivity contribution in [3.63, 3.8) is 0 Å². The Balaban J connectivity index is 1.92. The van der Waals surface area contributed by atoms with Crippen molar-refractivity contribution >= 4 is 5.91 Å². The molecule has 0 radical (unpaired) electrons. The highest BCUT2D eigenvalue weighted by Gasteiger charge is 2.68. The van der Waals surface area contributed by atoms with Crippen LogP contribution in [0.25, 0.3) is 0 Å². The summed E-state index contributed by atoms with van der Waals surface area (Å²) >= 11 is 0. The second-order valence-corrected chi connectivity index (χ2v) is 6.25. The Morgan fingerprint density at radius 1 is 1.43 bits per heavy atom. The zero-order valence-corrected chi connectivity index (χ0v) is 11.8. The van der Waals surface area contributed by atoms with Gasteiger partial charge < -0.3 is 10.5 Å². The Morgan fingerprint density at radius 3 is 2.43 bits per heavy atom. The van der Waals surface area contributed by atoms with Crippen molar-refractivity contribution in [2.45, 2.75) is 44.5 Å². The van der Waals surface area contributed by atoms with Gasteiger partial charge in [0.05, 0.1) is 11.3 Å². The number of carbonyl (C=O) groups excluding carboxylic acids is 1. The summed E-state index contributed by atoms with van der Waals surface area (Å²) in [7, 11) is 1.64. The molecule has 5 nitrogen and oxygen atoms in total. The molecule has 2 bridgehead atoms. The van der Waals surface area contributed by atoms with E-state index < -0.39 is 23.3 Å². The highest BCUT2D eigenvalue weighted by atomic mass is 19.4. The molecule has 116 valence electrons. The van der Waals surface area contributed by atoms with Gasteiger partial charge in [-0.3, -0.25) is 9.48 Å². The van der Waals surface area contributed by atoms with Crippen LogP contribution in [0.3, 0.4) is 0 Å². The smallest absolute Gasteiger partial charge is 0.378 e. The second-order valence-electron chi connectivity index (χ2n) is 6.25. The van der Waals surface area contributed by atoms with Crippen LogP contribution in [0.2, 0.25) is 0 Å². The Morgan fingerprint density at radius 2 is 2.00 bits per heavy atom. The maximum absolute atomic E-state index is 13.1. The number of carbonyl (C=O) groups is 1. The Labute approximate surface area is 119 Å². The van der Waals surface area contributed by atoms with E-state index in [0.717, 1.165) is 23.9 Å². The van der Waals surface area contributed by atoms with E-state index in [-0.39, 0.29) is 23.3 Å². The number of rotatable bonds is 4. The fourth-order valence-corrected chi connectivity index (χ4v) is 3.88. The highest BCUT2D eigenvalue weighted by Crippen LogP contribution is 2.69. The molecule has 3 aliphatic carbocycles. The summed E-state index contributed by atoms with van der Waals surface area (Å²) in [6, 6.07) is 0. The number of hydrogen-bond acceptors (Lipinski definition) is 3. The van der Waals surface area contributed by atoms with Crippen LogP contribution in [0.1, 0.15) is 41.0 Å². The van der Waals surface area contributed by atoms with Gasteiger partial charge >= 0.3 is 6.18 Å². The van der Waals surface area contributed by atoms with Gasteiger partial charge in [-0.15, -0.1) is 0 Å². The fourth-order valence-electron chi connectivity index (χ4n) is 3.88. The first kappa shape index (κ1) is 14.4. The van der Waals surface area contributed by atoms with Gasteiger partial charge in [0.2, 0.25) is 0 Å². The summed E-state index contributed by atoms with van der Waals surface area (Å²) in [6.07, 6.45) is -2.28. The molecule has 1 heterocycles. The van der Waals surface area contributed by atoms with Crippen LogP contribution in [-0.2, 0) is 17.5 Å². The van der Waals surface area contributed by atoms with E-state index >= 15 is 0 Å². The standard InChI is InChI=1S/C13H16F3N3O2/c1-7-8(13(14,15)16)9(10(17)20)19(18-7)6-11-3-12(4-11,5-11)21-2/h3-6H2,1-2H3,(H2,17,20). The molecule has 3 fully saturated rings. The zero-order valence-electron chi connectivity index (χ0n) is 11.8. The van der Waals surface area contributed by atoms with E-state index in [1.165, 1.54) is 6.92 Å². The van der Waals surface area contributed by atoms with Gasteiger partial charge in [0, 0.05) is 13.7 Å². The third-order valence-corrected chi connectivity index (χ3v) is 4.65. The van der Waals surface area contributed by atoms with Crippen LogP contribution in [0.4, 0.5) is 13.2 Å². The summed E-state index contributed by atoms with van der Waals surface area (Å²) in [5.74, 6) is -1.10. The van der Waals surface area contributed by atoms with Crippen molar-refractivity contribution in [1.29, 1.82) is 0 Å². The molecular weight excluding hydrogens is 287 g/mol. The lowest BCUT2D eigenvalue weighted by Gasteiger charge is -2.69. The number of aromatic nitrogens is 2. The highest BCUT2D eigenvalue weighted by molar-refractivity contribution is 5.93. The molecule has 0 unspecified atom stereocenters.